The van der Waals surface area contributed by atoms with Crippen LogP contribution in [0, 0.1) is 0 Å². The number of piperidine rings is 1. The Kier molecular flexibility index (Phi) is 4.59. The van der Waals surface area contributed by atoms with Crippen molar-refractivity contribution in [3.8, 4) is 0 Å². The molecule has 2 atom stereocenters. The summed E-state index contributed by atoms with van der Waals surface area (Å²) in [6.07, 6.45) is 5.40. The van der Waals surface area contributed by atoms with Gasteiger partial charge >= 0.3 is 0 Å². The summed E-state index contributed by atoms with van der Waals surface area (Å²) >= 11 is 0. The van der Waals surface area contributed by atoms with Crippen molar-refractivity contribution in [1.29, 1.82) is 0 Å². The minimum atomic E-state index is 0.248. The van der Waals surface area contributed by atoms with E-state index in [4.69, 9.17) is 4.74 Å². The van der Waals surface area contributed by atoms with Crippen LogP contribution in [0.15, 0.2) is 24.3 Å². The Balaban J connectivity index is 1.52. The number of carbonyl (C=O) groups is 1. The van der Waals surface area contributed by atoms with Gasteiger partial charge in [0.2, 0.25) is 5.91 Å². The molecule has 25 heavy (non-hydrogen) atoms. The first-order chi connectivity index (χ1) is 12.1. The fourth-order valence-electron chi connectivity index (χ4n) is 5.20. The van der Waals surface area contributed by atoms with E-state index in [0.29, 0.717) is 18.4 Å². The van der Waals surface area contributed by atoms with E-state index in [-0.39, 0.29) is 11.3 Å². The summed E-state index contributed by atoms with van der Waals surface area (Å²) in [7, 11) is 3.72. The topological polar surface area (TPSA) is 32.8 Å². The molecule has 0 N–H and O–H groups in total. The number of benzene rings is 1. The number of carbonyl (C=O) groups excluding carboxylic acids is 1. The number of ether oxygens (including phenoxy) is 1. The van der Waals surface area contributed by atoms with Crippen molar-refractivity contribution in [2.45, 2.75) is 49.5 Å². The van der Waals surface area contributed by atoms with Crippen LogP contribution in [-0.2, 0) is 14.9 Å². The highest BCUT2D eigenvalue weighted by Crippen LogP contribution is 2.53. The van der Waals surface area contributed by atoms with Gasteiger partial charge in [-0.3, -0.25) is 9.69 Å². The molecular weight excluding hydrogens is 312 g/mol. The van der Waals surface area contributed by atoms with Crippen LogP contribution < -0.4 is 0 Å². The summed E-state index contributed by atoms with van der Waals surface area (Å²) in [6, 6.07) is 9.52. The van der Waals surface area contributed by atoms with Gasteiger partial charge in [-0.15, -0.1) is 0 Å². The molecule has 2 fully saturated rings. The van der Waals surface area contributed by atoms with Gasteiger partial charge in [-0.1, -0.05) is 24.3 Å². The van der Waals surface area contributed by atoms with E-state index < -0.39 is 0 Å². The fraction of sp³-hybridized carbons (Fsp3) is 0.667. The maximum Gasteiger partial charge on any atom is 0.222 e. The van der Waals surface area contributed by atoms with Gasteiger partial charge in [-0.25, -0.2) is 0 Å². The minimum Gasteiger partial charge on any atom is -0.380 e. The van der Waals surface area contributed by atoms with E-state index in [1.54, 1.807) is 4.90 Å². The summed E-state index contributed by atoms with van der Waals surface area (Å²) in [5, 5.41) is 0. The van der Waals surface area contributed by atoms with Crippen molar-refractivity contribution < 1.29 is 9.53 Å². The lowest BCUT2D eigenvalue weighted by atomic mass is 9.73. The van der Waals surface area contributed by atoms with Crippen molar-refractivity contribution in [2.75, 3.05) is 40.4 Å². The number of likely N-dealkylation sites (tertiary alicyclic amines) is 1. The average Bonchev–Trinajstić information content (AvgIpc) is 3.24. The highest BCUT2D eigenvalue weighted by molar-refractivity contribution is 5.77. The molecule has 136 valence electrons. The van der Waals surface area contributed by atoms with Crippen LogP contribution >= 0.6 is 0 Å². The molecule has 4 heteroatoms. The second-order valence-electron chi connectivity index (χ2n) is 8.31. The van der Waals surface area contributed by atoms with E-state index in [2.05, 4.69) is 29.2 Å². The normalized spacial score (nSPS) is 28.2. The van der Waals surface area contributed by atoms with Gasteiger partial charge in [0.05, 0.1) is 6.61 Å². The monoisotopic (exact) mass is 342 g/mol. The zero-order valence-corrected chi connectivity index (χ0v) is 15.5. The third kappa shape index (κ3) is 3.11. The SMILES string of the molecule is CN(C)C(=O)C[C@H]1CC2(CCN([C@H]3CCOC3)CC2)c2ccccc21. The summed E-state index contributed by atoms with van der Waals surface area (Å²) in [6.45, 7) is 4.15. The first kappa shape index (κ1) is 17.0. The molecule has 2 aliphatic heterocycles. The van der Waals surface area contributed by atoms with E-state index in [1.807, 2.05) is 14.1 Å². The average molecular weight is 342 g/mol. The van der Waals surface area contributed by atoms with Gasteiger partial charge in [-0.2, -0.15) is 0 Å². The van der Waals surface area contributed by atoms with E-state index >= 15 is 0 Å². The Morgan fingerprint density at radius 2 is 2.04 bits per heavy atom. The maximum absolute atomic E-state index is 12.3. The van der Waals surface area contributed by atoms with Gasteiger partial charge in [0.25, 0.3) is 0 Å². The molecular formula is C21H30N2O2. The number of nitrogens with zero attached hydrogens (tertiary/aromatic N) is 2. The van der Waals surface area contributed by atoms with Gasteiger partial charge in [0.15, 0.2) is 0 Å². The van der Waals surface area contributed by atoms with Gasteiger partial charge < -0.3 is 9.64 Å². The molecule has 1 aromatic rings. The van der Waals surface area contributed by atoms with E-state index in [1.165, 1.54) is 30.4 Å². The Labute approximate surface area is 151 Å². The predicted molar refractivity (Wildman–Crippen MR) is 98.8 cm³/mol. The number of fused-ring (bicyclic) bond motifs is 2. The molecule has 1 aliphatic carbocycles. The second kappa shape index (κ2) is 6.73. The quantitative estimate of drug-likeness (QED) is 0.847. The molecule has 1 spiro atoms. The summed E-state index contributed by atoms with van der Waals surface area (Å²) in [5.41, 5.74) is 3.23. The molecule has 0 saturated carbocycles. The summed E-state index contributed by atoms with van der Waals surface area (Å²) in [4.78, 5) is 16.7. The Hall–Kier alpha value is -1.39. The number of amides is 1. The van der Waals surface area contributed by atoms with Crippen LogP contribution in [0.1, 0.15) is 49.1 Å². The van der Waals surface area contributed by atoms with Crippen molar-refractivity contribution in [1.82, 2.24) is 9.80 Å². The van der Waals surface area contributed by atoms with Crippen molar-refractivity contribution >= 4 is 5.91 Å². The molecule has 0 radical (unpaired) electrons. The fourth-order valence-corrected chi connectivity index (χ4v) is 5.20. The van der Waals surface area contributed by atoms with Gasteiger partial charge in [0, 0.05) is 33.2 Å². The van der Waals surface area contributed by atoms with E-state index in [0.717, 1.165) is 32.7 Å². The largest absolute Gasteiger partial charge is 0.380 e. The lowest BCUT2D eigenvalue weighted by Crippen LogP contribution is -2.46. The number of hydrogen-bond acceptors (Lipinski definition) is 3. The highest BCUT2D eigenvalue weighted by atomic mass is 16.5. The third-order valence-electron chi connectivity index (χ3n) is 6.71. The summed E-state index contributed by atoms with van der Waals surface area (Å²) in [5.74, 6) is 0.629. The van der Waals surface area contributed by atoms with Crippen LogP contribution in [-0.4, -0.2) is 62.1 Å². The van der Waals surface area contributed by atoms with Crippen LogP contribution in [0.4, 0.5) is 0 Å². The Morgan fingerprint density at radius 3 is 2.72 bits per heavy atom. The molecule has 3 aliphatic rings. The lowest BCUT2D eigenvalue weighted by Gasteiger charge is -2.42. The Bertz CT molecular complexity index is 629. The zero-order valence-electron chi connectivity index (χ0n) is 15.5. The molecule has 1 aromatic carbocycles. The van der Waals surface area contributed by atoms with Gasteiger partial charge in [0.1, 0.15) is 0 Å². The van der Waals surface area contributed by atoms with Gasteiger partial charge in [-0.05, 0) is 61.2 Å². The van der Waals surface area contributed by atoms with Crippen LogP contribution in [0.5, 0.6) is 0 Å². The van der Waals surface area contributed by atoms with Crippen molar-refractivity contribution in [3.05, 3.63) is 35.4 Å². The first-order valence-corrected chi connectivity index (χ1v) is 9.70. The Morgan fingerprint density at radius 1 is 1.28 bits per heavy atom. The molecule has 2 saturated heterocycles. The second-order valence-corrected chi connectivity index (χ2v) is 8.31. The molecule has 4 nitrogen and oxygen atoms in total. The molecule has 0 aromatic heterocycles. The highest BCUT2D eigenvalue weighted by Gasteiger charge is 2.46. The molecule has 0 bridgehead atoms. The zero-order chi connectivity index (χ0) is 17.4. The van der Waals surface area contributed by atoms with Crippen LogP contribution in [0.25, 0.3) is 0 Å². The van der Waals surface area contributed by atoms with Crippen LogP contribution in [0.2, 0.25) is 0 Å². The third-order valence-corrected chi connectivity index (χ3v) is 6.71. The van der Waals surface area contributed by atoms with Crippen LogP contribution in [0.3, 0.4) is 0 Å². The summed E-state index contributed by atoms with van der Waals surface area (Å²) < 4.78 is 5.58. The first-order valence-electron chi connectivity index (χ1n) is 9.70. The van der Waals surface area contributed by atoms with Crippen molar-refractivity contribution in [3.63, 3.8) is 0 Å². The molecule has 0 unspecified atom stereocenters. The molecule has 2 heterocycles. The number of rotatable bonds is 3. The predicted octanol–water partition coefficient (Wildman–Crippen LogP) is 2.77. The molecule has 1 amide bonds. The standard InChI is InChI=1S/C21H30N2O2/c1-22(2)20(24)13-16-14-21(19-6-4-3-5-18(16)19)8-10-23(11-9-21)17-7-12-25-15-17/h3-6,16-17H,7-15H2,1-2H3/t16-,17-/m0/s1. The lowest BCUT2D eigenvalue weighted by molar-refractivity contribution is -0.129. The maximum atomic E-state index is 12.3. The van der Waals surface area contributed by atoms with Crippen molar-refractivity contribution in [2.24, 2.45) is 0 Å². The smallest absolute Gasteiger partial charge is 0.222 e. The number of hydrogen-bond donors (Lipinski definition) is 0. The van der Waals surface area contributed by atoms with E-state index in [9.17, 15) is 4.79 Å². The molecule has 4 rings (SSSR count). The minimum absolute atomic E-state index is 0.248.